The summed E-state index contributed by atoms with van der Waals surface area (Å²) in [5, 5.41) is 6.37. The zero-order valence-electron chi connectivity index (χ0n) is 20.8. The Morgan fingerprint density at radius 1 is 1.05 bits per heavy atom. The van der Waals surface area contributed by atoms with Crippen molar-refractivity contribution in [3.05, 3.63) is 35.7 Å². The normalized spacial score (nSPS) is 22.4. The molecule has 38 heavy (non-hydrogen) atoms. The van der Waals surface area contributed by atoms with Crippen LogP contribution in [0.25, 0.3) is 0 Å². The van der Waals surface area contributed by atoms with Crippen molar-refractivity contribution in [3.8, 4) is 5.88 Å². The minimum atomic E-state index is -4.66. The van der Waals surface area contributed by atoms with Gasteiger partial charge >= 0.3 is 6.18 Å². The van der Waals surface area contributed by atoms with Gasteiger partial charge in [0.25, 0.3) is 10.0 Å². The van der Waals surface area contributed by atoms with E-state index in [1.165, 1.54) is 4.31 Å². The van der Waals surface area contributed by atoms with E-state index in [0.29, 0.717) is 38.0 Å². The van der Waals surface area contributed by atoms with Gasteiger partial charge in [0.15, 0.2) is 5.03 Å². The second-order valence-corrected chi connectivity index (χ2v) is 11.7. The van der Waals surface area contributed by atoms with E-state index in [0.717, 1.165) is 31.5 Å². The summed E-state index contributed by atoms with van der Waals surface area (Å²) >= 11 is 0. The Bertz CT molecular complexity index is 1190. The third-order valence-electron chi connectivity index (χ3n) is 7.19. The van der Waals surface area contributed by atoms with Gasteiger partial charge in [0.1, 0.15) is 11.7 Å². The molecule has 208 valence electrons. The van der Waals surface area contributed by atoms with Crippen LogP contribution in [0.15, 0.2) is 29.6 Å². The highest BCUT2D eigenvalue weighted by molar-refractivity contribution is 7.89. The molecule has 2 aromatic rings. The first kappa shape index (κ1) is 27.0. The molecule has 5 heterocycles. The molecular formula is C24H31F3N6O4S. The van der Waals surface area contributed by atoms with Crippen LogP contribution < -0.4 is 15.4 Å². The highest BCUT2D eigenvalue weighted by Crippen LogP contribution is 2.36. The first-order valence-corrected chi connectivity index (χ1v) is 14.3. The number of pyridine rings is 1. The predicted molar refractivity (Wildman–Crippen MR) is 131 cm³/mol. The van der Waals surface area contributed by atoms with E-state index in [1.54, 1.807) is 12.3 Å². The number of nitrogens with one attached hydrogen (secondary N) is 2. The predicted octanol–water partition coefficient (Wildman–Crippen LogP) is 2.79. The lowest BCUT2D eigenvalue weighted by Gasteiger charge is -2.31. The standard InChI is InChI=1S/C24H31F3N6O4S/c25-24(26,27)20-14-30-23(32-22(20)37-19-7-12-36-15-19)31-18-5-10-33(11-6-18)38(34,35)21-2-1-17(13-29-21)16-3-8-28-9-4-16/h1-2,13-14,16,18-19,28H,3-12,15H2,(H,30,31,32)/t19-/m0/s1. The average Bonchev–Trinajstić information content (AvgIpc) is 3.42. The number of hydrogen-bond donors (Lipinski definition) is 2. The van der Waals surface area contributed by atoms with Crippen molar-refractivity contribution in [2.45, 2.75) is 61.4 Å². The number of aromatic nitrogens is 3. The van der Waals surface area contributed by atoms with Crippen LogP contribution in [0, 0.1) is 0 Å². The van der Waals surface area contributed by atoms with Crippen LogP contribution in [0.1, 0.15) is 49.1 Å². The number of piperidine rings is 2. The molecule has 14 heteroatoms. The van der Waals surface area contributed by atoms with Crippen molar-refractivity contribution in [1.82, 2.24) is 24.6 Å². The number of halogens is 3. The van der Waals surface area contributed by atoms with Gasteiger partial charge in [-0.15, -0.1) is 0 Å². The van der Waals surface area contributed by atoms with Crippen LogP contribution >= 0.6 is 0 Å². The molecule has 3 fully saturated rings. The summed E-state index contributed by atoms with van der Waals surface area (Å²) in [6, 6.07) is 3.21. The fourth-order valence-corrected chi connectivity index (χ4v) is 6.36. The Labute approximate surface area is 219 Å². The molecule has 0 unspecified atom stereocenters. The van der Waals surface area contributed by atoms with Gasteiger partial charge in [0, 0.05) is 37.9 Å². The third-order valence-corrected chi connectivity index (χ3v) is 9.00. The molecule has 3 saturated heterocycles. The Hall–Kier alpha value is -2.55. The number of nitrogens with zero attached hydrogens (tertiary/aromatic N) is 4. The van der Waals surface area contributed by atoms with Gasteiger partial charge in [0.05, 0.1) is 13.2 Å². The van der Waals surface area contributed by atoms with Crippen molar-refractivity contribution in [1.29, 1.82) is 0 Å². The molecule has 5 rings (SSSR count). The Morgan fingerprint density at radius 3 is 2.45 bits per heavy atom. The van der Waals surface area contributed by atoms with Crippen LogP contribution in [-0.2, 0) is 20.9 Å². The molecule has 0 spiro atoms. The number of alkyl halides is 3. The fourth-order valence-electron chi connectivity index (χ4n) is 4.98. The maximum atomic E-state index is 13.4. The number of ether oxygens (including phenoxy) is 2. The van der Waals surface area contributed by atoms with Crippen molar-refractivity contribution in [2.75, 3.05) is 44.7 Å². The molecule has 0 aromatic carbocycles. The molecule has 2 aromatic heterocycles. The second kappa shape index (κ2) is 11.3. The van der Waals surface area contributed by atoms with Crippen LogP contribution in [0.2, 0.25) is 0 Å². The van der Waals surface area contributed by atoms with Gasteiger partial charge in [-0.05, 0) is 56.3 Å². The summed E-state index contributed by atoms with van der Waals surface area (Å²) in [6.45, 7) is 2.97. The summed E-state index contributed by atoms with van der Waals surface area (Å²) in [6.07, 6.45) is 0.552. The summed E-state index contributed by atoms with van der Waals surface area (Å²) in [5.41, 5.74) is 0.00300. The molecule has 0 bridgehead atoms. The Kier molecular flexibility index (Phi) is 8.03. The molecule has 0 aliphatic carbocycles. The lowest BCUT2D eigenvalue weighted by Crippen LogP contribution is -2.42. The van der Waals surface area contributed by atoms with Gasteiger partial charge in [-0.25, -0.2) is 18.4 Å². The van der Waals surface area contributed by atoms with E-state index in [2.05, 4.69) is 25.6 Å². The maximum Gasteiger partial charge on any atom is 0.423 e. The minimum absolute atomic E-state index is 0.00314. The Morgan fingerprint density at radius 2 is 1.82 bits per heavy atom. The number of sulfonamides is 1. The molecule has 10 nitrogen and oxygen atoms in total. The minimum Gasteiger partial charge on any atom is -0.471 e. The lowest BCUT2D eigenvalue weighted by molar-refractivity contribution is -0.139. The van der Waals surface area contributed by atoms with Gasteiger partial charge in [-0.2, -0.15) is 22.5 Å². The second-order valence-electron chi connectivity index (χ2n) is 9.79. The quantitative estimate of drug-likeness (QED) is 0.531. The molecule has 0 saturated carbocycles. The number of hydrogen-bond acceptors (Lipinski definition) is 9. The maximum absolute atomic E-state index is 13.4. The first-order chi connectivity index (χ1) is 18.2. The topological polar surface area (TPSA) is 119 Å². The Balaban J connectivity index is 1.20. The van der Waals surface area contributed by atoms with Gasteiger partial charge in [-0.1, -0.05) is 6.07 Å². The van der Waals surface area contributed by atoms with Crippen molar-refractivity contribution in [2.24, 2.45) is 0 Å². The van der Waals surface area contributed by atoms with Crippen molar-refractivity contribution in [3.63, 3.8) is 0 Å². The molecular weight excluding hydrogens is 525 g/mol. The smallest absolute Gasteiger partial charge is 0.423 e. The van der Waals surface area contributed by atoms with Crippen LogP contribution in [-0.4, -0.2) is 79.2 Å². The van der Waals surface area contributed by atoms with E-state index in [1.807, 2.05) is 6.07 Å². The van der Waals surface area contributed by atoms with Gasteiger partial charge < -0.3 is 20.1 Å². The van der Waals surface area contributed by atoms with Gasteiger partial charge in [-0.3, -0.25) is 0 Å². The monoisotopic (exact) mass is 556 g/mol. The van der Waals surface area contributed by atoms with E-state index in [9.17, 15) is 21.6 Å². The average molecular weight is 557 g/mol. The molecule has 1 atom stereocenters. The van der Waals surface area contributed by atoms with E-state index in [-0.39, 0.29) is 36.7 Å². The van der Waals surface area contributed by atoms with Crippen LogP contribution in [0.5, 0.6) is 5.88 Å². The molecule has 3 aliphatic heterocycles. The molecule has 2 N–H and O–H groups in total. The summed E-state index contributed by atoms with van der Waals surface area (Å²) in [7, 11) is -3.75. The highest BCUT2D eigenvalue weighted by Gasteiger charge is 2.38. The lowest BCUT2D eigenvalue weighted by atomic mass is 9.91. The zero-order valence-corrected chi connectivity index (χ0v) is 21.6. The summed E-state index contributed by atoms with van der Waals surface area (Å²) in [5.74, 6) is -0.153. The van der Waals surface area contributed by atoms with Crippen LogP contribution in [0.4, 0.5) is 19.1 Å². The first-order valence-electron chi connectivity index (χ1n) is 12.8. The van der Waals surface area contributed by atoms with E-state index >= 15 is 0 Å². The van der Waals surface area contributed by atoms with Crippen molar-refractivity contribution >= 4 is 16.0 Å². The SMILES string of the molecule is O=S(=O)(c1ccc(C2CCNCC2)cn1)N1CCC(Nc2ncc(C(F)(F)F)c(O[C@H]3CCOC3)n2)CC1. The molecule has 0 radical (unpaired) electrons. The number of anilines is 1. The largest absolute Gasteiger partial charge is 0.471 e. The fraction of sp³-hybridized carbons (Fsp3) is 0.625. The molecule has 3 aliphatic rings. The van der Waals surface area contributed by atoms with E-state index < -0.39 is 33.7 Å². The van der Waals surface area contributed by atoms with Crippen molar-refractivity contribution < 1.29 is 31.1 Å². The van der Waals surface area contributed by atoms with E-state index in [4.69, 9.17) is 9.47 Å². The molecule has 0 amide bonds. The number of rotatable bonds is 7. The van der Waals surface area contributed by atoms with Gasteiger partial charge in [0.2, 0.25) is 11.8 Å². The third kappa shape index (κ3) is 6.19. The zero-order chi connectivity index (χ0) is 26.8. The highest BCUT2D eigenvalue weighted by atomic mass is 32.2. The van der Waals surface area contributed by atoms with Crippen LogP contribution in [0.3, 0.4) is 0 Å². The summed E-state index contributed by atoms with van der Waals surface area (Å²) < 4.78 is 78.7. The summed E-state index contributed by atoms with van der Waals surface area (Å²) in [4.78, 5) is 12.1.